The molecule has 1 N–H and O–H groups in total. The molecule has 0 aromatic heterocycles. The van der Waals surface area contributed by atoms with E-state index < -0.39 is 5.97 Å². The lowest BCUT2D eigenvalue weighted by atomic mass is 9.70. The minimum absolute atomic E-state index is 0.0938. The Hall–Kier alpha value is -0.530. The fraction of sp³-hybridized carbons (Fsp3) is 0.909. The summed E-state index contributed by atoms with van der Waals surface area (Å²) in [6.45, 7) is 6.43. The van der Waals surface area contributed by atoms with Gasteiger partial charge >= 0.3 is 5.97 Å². The van der Waals surface area contributed by atoms with Gasteiger partial charge in [-0.15, -0.1) is 0 Å². The maximum absolute atomic E-state index is 11.0. The highest BCUT2D eigenvalue weighted by atomic mass is 16.4. The van der Waals surface area contributed by atoms with Gasteiger partial charge in [0.1, 0.15) is 0 Å². The molecule has 1 fully saturated rings. The van der Waals surface area contributed by atoms with Crippen molar-refractivity contribution in [3.63, 3.8) is 0 Å². The molecule has 0 heterocycles. The van der Waals surface area contributed by atoms with Crippen LogP contribution in [0.1, 0.15) is 40.0 Å². The van der Waals surface area contributed by atoms with Crippen LogP contribution in [-0.4, -0.2) is 11.1 Å². The highest BCUT2D eigenvalue weighted by Gasteiger charge is 2.35. The number of rotatable bonds is 2. The van der Waals surface area contributed by atoms with E-state index in [0.717, 1.165) is 12.8 Å². The van der Waals surface area contributed by atoms with Crippen molar-refractivity contribution in [2.75, 3.05) is 0 Å². The molecule has 2 heteroatoms. The summed E-state index contributed by atoms with van der Waals surface area (Å²) >= 11 is 0. The molecule has 1 unspecified atom stereocenters. The summed E-state index contributed by atoms with van der Waals surface area (Å²) in [7, 11) is 0. The molecule has 0 aromatic rings. The van der Waals surface area contributed by atoms with E-state index in [1.807, 2.05) is 0 Å². The number of carboxylic acids is 1. The molecule has 2 nitrogen and oxygen atoms in total. The first-order chi connectivity index (χ1) is 6.02. The SMILES string of the molecule is CC(C)C1CC[C@@H](C)C[C@H]1C(=O)O. The fourth-order valence-electron chi connectivity index (χ4n) is 2.49. The van der Waals surface area contributed by atoms with Crippen LogP contribution in [0.25, 0.3) is 0 Å². The van der Waals surface area contributed by atoms with Crippen LogP contribution in [0.15, 0.2) is 0 Å². The third kappa shape index (κ3) is 2.45. The first-order valence-electron chi connectivity index (χ1n) is 5.25. The highest BCUT2D eigenvalue weighted by Crippen LogP contribution is 2.37. The van der Waals surface area contributed by atoms with Gasteiger partial charge in [0.2, 0.25) is 0 Å². The molecule has 1 aliphatic carbocycles. The largest absolute Gasteiger partial charge is 0.481 e. The Morgan fingerprint density at radius 2 is 2.00 bits per heavy atom. The van der Waals surface area contributed by atoms with Crippen LogP contribution in [0.5, 0.6) is 0 Å². The molecule has 0 amide bonds. The predicted octanol–water partition coefficient (Wildman–Crippen LogP) is 2.78. The van der Waals surface area contributed by atoms with Gasteiger partial charge in [0.15, 0.2) is 0 Å². The average molecular weight is 184 g/mol. The molecule has 0 saturated heterocycles. The van der Waals surface area contributed by atoms with E-state index in [-0.39, 0.29) is 5.92 Å². The molecule has 0 spiro atoms. The zero-order valence-corrected chi connectivity index (χ0v) is 8.79. The second-order valence-corrected chi connectivity index (χ2v) is 4.77. The van der Waals surface area contributed by atoms with Crippen molar-refractivity contribution in [3.05, 3.63) is 0 Å². The third-order valence-electron chi connectivity index (χ3n) is 3.34. The molecule has 0 radical (unpaired) electrons. The fourth-order valence-corrected chi connectivity index (χ4v) is 2.49. The van der Waals surface area contributed by atoms with E-state index in [9.17, 15) is 4.79 Å². The first-order valence-corrected chi connectivity index (χ1v) is 5.25. The highest BCUT2D eigenvalue weighted by molar-refractivity contribution is 5.70. The summed E-state index contributed by atoms with van der Waals surface area (Å²) in [4.78, 5) is 11.0. The van der Waals surface area contributed by atoms with Gasteiger partial charge in [0.25, 0.3) is 0 Å². The lowest BCUT2D eigenvalue weighted by Gasteiger charge is -2.34. The van der Waals surface area contributed by atoms with Gasteiger partial charge in [-0.25, -0.2) is 0 Å². The number of aliphatic carboxylic acids is 1. The average Bonchev–Trinajstić information content (AvgIpc) is 2.03. The molecule has 1 rings (SSSR count). The number of carboxylic acid groups (broad SMARTS) is 1. The molecule has 76 valence electrons. The Labute approximate surface area is 80.3 Å². The molecule has 0 bridgehead atoms. The second-order valence-electron chi connectivity index (χ2n) is 4.77. The summed E-state index contributed by atoms with van der Waals surface area (Å²) in [5.74, 6) is 0.812. The smallest absolute Gasteiger partial charge is 0.306 e. The summed E-state index contributed by atoms with van der Waals surface area (Å²) in [5, 5.41) is 9.08. The van der Waals surface area contributed by atoms with Crippen LogP contribution in [-0.2, 0) is 4.79 Å². The van der Waals surface area contributed by atoms with E-state index in [4.69, 9.17) is 5.11 Å². The molecular formula is C11H20O2. The Kier molecular flexibility index (Phi) is 3.34. The Balaban J connectivity index is 2.66. The Bertz CT molecular complexity index is 187. The standard InChI is InChI=1S/C11H20O2/c1-7(2)9-5-4-8(3)6-10(9)11(12)13/h7-10H,4-6H2,1-3H3,(H,12,13)/t8-,9?,10-/m1/s1. The van der Waals surface area contributed by atoms with Crippen molar-refractivity contribution in [2.24, 2.45) is 23.7 Å². The van der Waals surface area contributed by atoms with Crippen molar-refractivity contribution in [1.82, 2.24) is 0 Å². The predicted molar refractivity (Wildman–Crippen MR) is 52.5 cm³/mol. The van der Waals surface area contributed by atoms with Gasteiger partial charge in [0.05, 0.1) is 5.92 Å². The summed E-state index contributed by atoms with van der Waals surface area (Å²) < 4.78 is 0. The second kappa shape index (κ2) is 4.12. The van der Waals surface area contributed by atoms with E-state index >= 15 is 0 Å². The zero-order chi connectivity index (χ0) is 10.0. The molecule has 1 saturated carbocycles. The number of hydrogen-bond donors (Lipinski definition) is 1. The van der Waals surface area contributed by atoms with Crippen LogP contribution in [0.3, 0.4) is 0 Å². The summed E-state index contributed by atoms with van der Waals surface area (Å²) in [6.07, 6.45) is 3.17. The number of hydrogen-bond acceptors (Lipinski definition) is 1. The number of carbonyl (C=O) groups is 1. The monoisotopic (exact) mass is 184 g/mol. The first kappa shape index (κ1) is 10.6. The Morgan fingerprint density at radius 1 is 1.38 bits per heavy atom. The van der Waals surface area contributed by atoms with Crippen molar-refractivity contribution < 1.29 is 9.90 Å². The van der Waals surface area contributed by atoms with Gasteiger partial charge in [-0.1, -0.05) is 27.2 Å². The van der Waals surface area contributed by atoms with E-state index in [1.165, 1.54) is 6.42 Å². The topological polar surface area (TPSA) is 37.3 Å². The van der Waals surface area contributed by atoms with E-state index in [2.05, 4.69) is 20.8 Å². The Morgan fingerprint density at radius 3 is 2.46 bits per heavy atom. The summed E-state index contributed by atoms with van der Waals surface area (Å²) in [5.41, 5.74) is 0. The third-order valence-corrected chi connectivity index (χ3v) is 3.34. The van der Waals surface area contributed by atoms with E-state index in [0.29, 0.717) is 17.8 Å². The molecule has 0 aliphatic heterocycles. The lowest BCUT2D eigenvalue weighted by Crippen LogP contribution is -2.33. The van der Waals surface area contributed by atoms with Crippen LogP contribution in [0.2, 0.25) is 0 Å². The van der Waals surface area contributed by atoms with Crippen molar-refractivity contribution in [2.45, 2.75) is 40.0 Å². The van der Waals surface area contributed by atoms with Gasteiger partial charge in [0, 0.05) is 0 Å². The summed E-state index contributed by atoms with van der Waals surface area (Å²) in [6, 6.07) is 0. The molecule has 0 aromatic carbocycles. The maximum atomic E-state index is 11.0. The van der Waals surface area contributed by atoms with Gasteiger partial charge in [-0.3, -0.25) is 4.79 Å². The van der Waals surface area contributed by atoms with Crippen molar-refractivity contribution in [1.29, 1.82) is 0 Å². The maximum Gasteiger partial charge on any atom is 0.306 e. The van der Waals surface area contributed by atoms with Gasteiger partial charge < -0.3 is 5.11 Å². The van der Waals surface area contributed by atoms with Crippen LogP contribution < -0.4 is 0 Å². The van der Waals surface area contributed by atoms with Crippen molar-refractivity contribution in [3.8, 4) is 0 Å². The minimum Gasteiger partial charge on any atom is -0.481 e. The van der Waals surface area contributed by atoms with Crippen LogP contribution in [0.4, 0.5) is 0 Å². The van der Waals surface area contributed by atoms with Crippen LogP contribution in [0, 0.1) is 23.7 Å². The molecule has 1 aliphatic rings. The van der Waals surface area contributed by atoms with Gasteiger partial charge in [-0.05, 0) is 30.6 Å². The van der Waals surface area contributed by atoms with Crippen LogP contribution >= 0.6 is 0 Å². The molecule has 3 atom stereocenters. The molecule has 13 heavy (non-hydrogen) atoms. The molecular weight excluding hydrogens is 164 g/mol. The normalized spacial score (nSPS) is 34.9. The van der Waals surface area contributed by atoms with Crippen molar-refractivity contribution >= 4 is 5.97 Å². The van der Waals surface area contributed by atoms with Gasteiger partial charge in [-0.2, -0.15) is 0 Å². The quantitative estimate of drug-likeness (QED) is 0.716. The van der Waals surface area contributed by atoms with E-state index in [1.54, 1.807) is 0 Å². The minimum atomic E-state index is -0.592. The zero-order valence-electron chi connectivity index (χ0n) is 8.79. The lowest BCUT2D eigenvalue weighted by molar-refractivity contribution is -0.146.